The van der Waals surface area contributed by atoms with Gasteiger partial charge >= 0.3 is 0 Å². The number of amides is 1. The van der Waals surface area contributed by atoms with E-state index in [0.29, 0.717) is 6.42 Å². The molecule has 0 saturated carbocycles. The Balaban J connectivity index is 1.63. The van der Waals surface area contributed by atoms with E-state index < -0.39 is 0 Å². The van der Waals surface area contributed by atoms with Crippen molar-refractivity contribution in [2.75, 3.05) is 43.4 Å². The van der Waals surface area contributed by atoms with Crippen molar-refractivity contribution in [3.05, 3.63) is 52.2 Å². The molecule has 0 atom stereocenters. The number of carbonyl (C=O) groups excluding carboxylic acids is 1. The van der Waals surface area contributed by atoms with E-state index in [-0.39, 0.29) is 5.91 Å². The molecule has 1 aliphatic heterocycles. The second kappa shape index (κ2) is 8.32. The zero-order valence-electron chi connectivity index (χ0n) is 14.9. The summed E-state index contributed by atoms with van der Waals surface area (Å²) in [5, 5.41) is 5.04. The van der Waals surface area contributed by atoms with Gasteiger partial charge in [0.1, 0.15) is 0 Å². The number of carbonyl (C=O) groups is 1. The highest BCUT2D eigenvalue weighted by molar-refractivity contribution is 7.10. The van der Waals surface area contributed by atoms with Crippen LogP contribution in [-0.2, 0) is 4.79 Å². The average molecular weight is 356 g/mol. The van der Waals surface area contributed by atoms with Gasteiger partial charge in [-0.1, -0.05) is 13.0 Å². The fourth-order valence-corrected chi connectivity index (χ4v) is 3.59. The highest BCUT2D eigenvalue weighted by atomic mass is 32.1. The summed E-state index contributed by atoms with van der Waals surface area (Å²) in [7, 11) is 2.16. The molecule has 1 fully saturated rings. The third-order valence-electron chi connectivity index (χ3n) is 4.53. The highest BCUT2D eigenvalue weighted by Gasteiger charge is 2.14. The van der Waals surface area contributed by atoms with Crippen LogP contribution in [0.5, 0.6) is 0 Å². The Labute approximate surface area is 153 Å². The van der Waals surface area contributed by atoms with Gasteiger partial charge in [0.05, 0.1) is 0 Å². The molecule has 5 heteroatoms. The number of anilines is 2. The monoisotopic (exact) mass is 355 g/mol. The number of likely N-dealkylation sites (N-methyl/N-ethyl adjacent to an activating group) is 1. The van der Waals surface area contributed by atoms with E-state index in [1.807, 2.05) is 42.6 Å². The van der Waals surface area contributed by atoms with Crippen LogP contribution < -0.4 is 10.2 Å². The normalized spacial score (nSPS) is 16.1. The van der Waals surface area contributed by atoms with Crippen LogP contribution in [0.25, 0.3) is 6.08 Å². The van der Waals surface area contributed by atoms with Crippen LogP contribution in [0.1, 0.15) is 18.2 Å². The summed E-state index contributed by atoms with van der Waals surface area (Å²) in [6.45, 7) is 6.28. The van der Waals surface area contributed by atoms with Gasteiger partial charge in [0.2, 0.25) is 0 Å². The first-order valence-corrected chi connectivity index (χ1v) is 9.62. The van der Waals surface area contributed by atoms with Crippen molar-refractivity contribution >= 4 is 34.7 Å². The first-order valence-electron chi connectivity index (χ1n) is 8.74. The molecule has 1 amide bonds. The molecule has 2 heterocycles. The van der Waals surface area contributed by atoms with Crippen LogP contribution in [-0.4, -0.2) is 44.0 Å². The minimum Gasteiger partial charge on any atom is -0.369 e. The molecule has 1 saturated heterocycles. The number of piperazine rings is 1. The van der Waals surface area contributed by atoms with E-state index in [9.17, 15) is 4.79 Å². The molecular weight excluding hydrogens is 330 g/mol. The molecule has 132 valence electrons. The summed E-state index contributed by atoms with van der Waals surface area (Å²) in [5.74, 6) is -0.0248. The smallest absolute Gasteiger partial charge is 0.251 e. The van der Waals surface area contributed by atoms with Gasteiger partial charge in [-0.2, -0.15) is 0 Å². The molecule has 25 heavy (non-hydrogen) atoms. The first-order chi connectivity index (χ1) is 12.2. The minimum absolute atomic E-state index is 0.0248. The zero-order chi connectivity index (χ0) is 17.6. The van der Waals surface area contributed by atoms with Crippen molar-refractivity contribution in [3.63, 3.8) is 0 Å². The molecule has 1 N–H and O–H groups in total. The van der Waals surface area contributed by atoms with Crippen molar-refractivity contribution in [1.82, 2.24) is 4.90 Å². The average Bonchev–Trinajstić information content (AvgIpc) is 3.14. The number of hydrogen-bond donors (Lipinski definition) is 1. The molecule has 0 spiro atoms. The van der Waals surface area contributed by atoms with Gasteiger partial charge in [0.15, 0.2) is 0 Å². The SMILES string of the molecule is CCC(=Cc1cccs1)C(=O)Nc1ccc(N2CCN(C)CC2)cc1. The molecule has 0 aliphatic carbocycles. The van der Waals surface area contributed by atoms with Crippen LogP contribution in [0.2, 0.25) is 0 Å². The Kier molecular flexibility index (Phi) is 5.89. The number of benzene rings is 1. The third kappa shape index (κ3) is 4.71. The number of rotatable bonds is 5. The highest BCUT2D eigenvalue weighted by Crippen LogP contribution is 2.21. The molecule has 4 nitrogen and oxygen atoms in total. The second-order valence-electron chi connectivity index (χ2n) is 6.33. The van der Waals surface area contributed by atoms with Crippen LogP contribution in [0, 0.1) is 0 Å². The maximum atomic E-state index is 12.5. The number of thiophene rings is 1. The topological polar surface area (TPSA) is 35.6 Å². The largest absolute Gasteiger partial charge is 0.369 e. The Bertz CT molecular complexity index is 714. The van der Waals surface area contributed by atoms with Gasteiger partial charge < -0.3 is 15.1 Å². The number of nitrogens with one attached hydrogen (secondary N) is 1. The van der Waals surface area contributed by atoms with Crippen LogP contribution in [0.3, 0.4) is 0 Å². The lowest BCUT2D eigenvalue weighted by Crippen LogP contribution is -2.44. The van der Waals surface area contributed by atoms with Gasteiger partial charge in [-0.3, -0.25) is 4.79 Å². The van der Waals surface area contributed by atoms with Crippen molar-refractivity contribution in [3.8, 4) is 0 Å². The number of hydrogen-bond acceptors (Lipinski definition) is 4. The third-order valence-corrected chi connectivity index (χ3v) is 5.35. The lowest BCUT2D eigenvalue weighted by molar-refractivity contribution is -0.112. The molecule has 0 radical (unpaired) electrons. The van der Waals surface area contributed by atoms with E-state index in [4.69, 9.17) is 0 Å². The quantitative estimate of drug-likeness (QED) is 0.826. The molecule has 3 rings (SSSR count). The molecular formula is C20H25N3OS. The number of nitrogens with zero attached hydrogens (tertiary/aromatic N) is 2. The summed E-state index contributed by atoms with van der Waals surface area (Å²) >= 11 is 1.64. The van der Waals surface area contributed by atoms with Gasteiger partial charge in [0.25, 0.3) is 5.91 Å². The predicted octanol–water partition coefficient (Wildman–Crippen LogP) is 3.93. The van der Waals surface area contributed by atoms with Crippen molar-refractivity contribution in [2.24, 2.45) is 0 Å². The van der Waals surface area contributed by atoms with E-state index in [1.54, 1.807) is 11.3 Å². The molecule has 1 aromatic carbocycles. The Morgan fingerprint density at radius 1 is 1.16 bits per heavy atom. The second-order valence-corrected chi connectivity index (χ2v) is 7.31. The molecule has 1 aromatic heterocycles. The van der Waals surface area contributed by atoms with E-state index in [2.05, 4.69) is 34.3 Å². The van der Waals surface area contributed by atoms with E-state index >= 15 is 0 Å². The van der Waals surface area contributed by atoms with Crippen molar-refractivity contribution < 1.29 is 4.79 Å². The zero-order valence-corrected chi connectivity index (χ0v) is 15.7. The molecule has 0 unspecified atom stereocenters. The summed E-state index contributed by atoms with van der Waals surface area (Å²) in [6, 6.07) is 12.2. The summed E-state index contributed by atoms with van der Waals surface area (Å²) in [4.78, 5) is 18.3. The van der Waals surface area contributed by atoms with Crippen molar-refractivity contribution in [2.45, 2.75) is 13.3 Å². The van der Waals surface area contributed by atoms with E-state index in [1.165, 1.54) is 5.69 Å². The van der Waals surface area contributed by atoms with Gasteiger partial charge in [0, 0.05) is 48.0 Å². The fourth-order valence-electron chi connectivity index (χ4n) is 2.90. The summed E-state index contributed by atoms with van der Waals surface area (Å²) in [5.41, 5.74) is 2.86. The van der Waals surface area contributed by atoms with Gasteiger partial charge in [-0.15, -0.1) is 11.3 Å². The van der Waals surface area contributed by atoms with Crippen LogP contribution in [0.15, 0.2) is 47.4 Å². The summed E-state index contributed by atoms with van der Waals surface area (Å²) < 4.78 is 0. The lowest BCUT2D eigenvalue weighted by Gasteiger charge is -2.34. The maximum Gasteiger partial charge on any atom is 0.251 e. The van der Waals surface area contributed by atoms with Gasteiger partial charge in [-0.25, -0.2) is 0 Å². The molecule has 1 aliphatic rings. The Morgan fingerprint density at radius 2 is 1.88 bits per heavy atom. The van der Waals surface area contributed by atoms with Crippen molar-refractivity contribution in [1.29, 1.82) is 0 Å². The van der Waals surface area contributed by atoms with E-state index in [0.717, 1.165) is 42.3 Å². The minimum atomic E-state index is -0.0248. The lowest BCUT2D eigenvalue weighted by atomic mass is 10.1. The molecule has 0 bridgehead atoms. The van der Waals surface area contributed by atoms with Crippen LogP contribution >= 0.6 is 11.3 Å². The standard InChI is InChI=1S/C20H25N3OS/c1-3-16(15-19-5-4-14-25-19)20(24)21-17-6-8-18(9-7-17)23-12-10-22(2)11-13-23/h4-9,14-15H,3,10-13H2,1-2H3,(H,21,24). The predicted molar refractivity (Wildman–Crippen MR) is 107 cm³/mol. The first kappa shape index (κ1) is 17.7. The van der Waals surface area contributed by atoms with Gasteiger partial charge in [-0.05, 0) is 55.3 Å². The van der Waals surface area contributed by atoms with Crippen LogP contribution in [0.4, 0.5) is 11.4 Å². The fraction of sp³-hybridized carbons (Fsp3) is 0.350. The summed E-state index contributed by atoms with van der Waals surface area (Å²) in [6.07, 6.45) is 2.68. The maximum absolute atomic E-state index is 12.5. The molecule has 2 aromatic rings. The Hall–Kier alpha value is -2.11. The Morgan fingerprint density at radius 3 is 2.48 bits per heavy atom.